The standard InChI is InChI=1S/C24H22O6/c1-27-14-15-28-24(26)20-8-5-9-22(16-20)30-23(25)17-29-21-12-10-19(11-13-21)18-6-3-2-4-7-18/h2-13,16H,14-15,17H2,1H3. The molecule has 0 aliphatic heterocycles. The molecule has 0 heterocycles. The first-order chi connectivity index (χ1) is 14.7. The van der Waals surface area contributed by atoms with Crippen LogP contribution in [-0.2, 0) is 14.3 Å². The Kier molecular flexibility index (Phi) is 7.58. The highest BCUT2D eigenvalue weighted by Gasteiger charge is 2.11. The normalized spacial score (nSPS) is 10.3. The molecule has 0 spiro atoms. The zero-order valence-corrected chi connectivity index (χ0v) is 16.6. The minimum atomic E-state index is -0.577. The quantitative estimate of drug-likeness (QED) is 0.302. The number of ether oxygens (including phenoxy) is 4. The van der Waals surface area contributed by atoms with Gasteiger partial charge >= 0.3 is 11.9 Å². The molecule has 0 amide bonds. The lowest BCUT2D eigenvalue weighted by atomic mass is 10.1. The molecule has 0 radical (unpaired) electrons. The molecule has 0 atom stereocenters. The summed E-state index contributed by atoms with van der Waals surface area (Å²) in [4.78, 5) is 24.0. The van der Waals surface area contributed by atoms with Crippen molar-refractivity contribution in [3.8, 4) is 22.6 Å². The van der Waals surface area contributed by atoms with Gasteiger partial charge in [-0.15, -0.1) is 0 Å². The third kappa shape index (κ3) is 6.18. The molecule has 3 rings (SSSR count). The Labute approximate surface area is 175 Å². The van der Waals surface area contributed by atoms with E-state index in [1.165, 1.54) is 13.2 Å². The van der Waals surface area contributed by atoms with E-state index in [0.29, 0.717) is 12.4 Å². The van der Waals surface area contributed by atoms with Crippen LogP contribution in [0.2, 0.25) is 0 Å². The fourth-order valence-electron chi connectivity index (χ4n) is 2.66. The monoisotopic (exact) mass is 406 g/mol. The van der Waals surface area contributed by atoms with Gasteiger partial charge in [-0.1, -0.05) is 48.5 Å². The van der Waals surface area contributed by atoms with E-state index in [9.17, 15) is 9.59 Å². The Morgan fingerprint density at radius 2 is 1.50 bits per heavy atom. The summed E-state index contributed by atoms with van der Waals surface area (Å²) in [7, 11) is 1.52. The van der Waals surface area contributed by atoms with Crippen LogP contribution in [0.1, 0.15) is 10.4 Å². The molecule has 6 heteroatoms. The van der Waals surface area contributed by atoms with Crippen LogP contribution in [0.25, 0.3) is 11.1 Å². The Balaban J connectivity index is 1.51. The highest BCUT2D eigenvalue weighted by molar-refractivity contribution is 5.90. The van der Waals surface area contributed by atoms with Crippen LogP contribution < -0.4 is 9.47 Å². The van der Waals surface area contributed by atoms with Crippen LogP contribution in [0, 0.1) is 0 Å². The average Bonchev–Trinajstić information content (AvgIpc) is 2.79. The van der Waals surface area contributed by atoms with Gasteiger partial charge in [0.15, 0.2) is 6.61 Å². The second-order valence-corrected chi connectivity index (χ2v) is 6.31. The average molecular weight is 406 g/mol. The van der Waals surface area contributed by atoms with Gasteiger partial charge in [0.2, 0.25) is 0 Å². The number of hydrogen-bond acceptors (Lipinski definition) is 6. The molecule has 154 valence electrons. The summed E-state index contributed by atoms with van der Waals surface area (Å²) in [6.07, 6.45) is 0. The van der Waals surface area contributed by atoms with Crippen molar-refractivity contribution in [3.63, 3.8) is 0 Å². The first kappa shape index (κ1) is 21.1. The largest absolute Gasteiger partial charge is 0.482 e. The van der Waals surface area contributed by atoms with E-state index in [0.717, 1.165) is 11.1 Å². The maximum atomic E-state index is 12.1. The minimum absolute atomic E-state index is 0.149. The van der Waals surface area contributed by atoms with Gasteiger partial charge in [-0.25, -0.2) is 9.59 Å². The molecule has 0 saturated heterocycles. The fourth-order valence-corrected chi connectivity index (χ4v) is 2.66. The lowest BCUT2D eigenvalue weighted by Crippen LogP contribution is -2.18. The number of esters is 2. The van der Waals surface area contributed by atoms with Crippen LogP contribution in [0.15, 0.2) is 78.9 Å². The molecule has 0 aliphatic rings. The van der Waals surface area contributed by atoms with Gasteiger partial charge < -0.3 is 18.9 Å². The smallest absolute Gasteiger partial charge is 0.349 e. The van der Waals surface area contributed by atoms with Crippen LogP contribution in [0.4, 0.5) is 0 Å². The number of carbonyl (C=O) groups excluding carboxylic acids is 2. The van der Waals surface area contributed by atoms with Crippen LogP contribution >= 0.6 is 0 Å². The van der Waals surface area contributed by atoms with E-state index in [4.69, 9.17) is 18.9 Å². The van der Waals surface area contributed by atoms with E-state index in [1.54, 1.807) is 30.3 Å². The second kappa shape index (κ2) is 10.8. The summed E-state index contributed by atoms with van der Waals surface area (Å²) in [6.45, 7) is 0.202. The Hall–Kier alpha value is -3.64. The third-order valence-electron chi connectivity index (χ3n) is 4.14. The topological polar surface area (TPSA) is 71.1 Å². The van der Waals surface area contributed by atoms with Crippen LogP contribution in [0.3, 0.4) is 0 Å². The molecule has 30 heavy (non-hydrogen) atoms. The van der Waals surface area contributed by atoms with Crippen molar-refractivity contribution >= 4 is 11.9 Å². The van der Waals surface area contributed by atoms with E-state index in [1.807, 2.05) is 42.5 Å². The van der Waals surface area contributed by atoms with Crippen LogP contribution in [-0.4, -0.2) is 38.9 Å². The SMILES string of the molecule is COCCOC(=O)c1cccc(OC(=O)COc2ccc(-c3ccccc3)cc2)c1. The zero-order chi connectivity index (χ0) is 21.2. The molecule has 0 aliphatic carbocycles. The van der Waals surface area contributed by atoms with Crippen molar-refractivity contribution in [1.82, 2.24) is 0 Å². The summed E-state index contributed by atoms with van der Waals surface area (Å²) in [5.41, 5.74) is 2.44. The second-order valence-electron chi connectivity index (χ2n) is 6.31. The molecular weight excluding hydrogens is 384 g/mol. The van der Waals surface area contributed by atoms with Gasteiger partial charge in [0, 0.05) is 7.11 Å². The van der Waals surface area contributed by atoms with Gasteiger partial charge in [-0.3, -0.25) is 0 Å². The zero-order valence-electron chi connectivity index (χ0n) is 16.6. The molecular formula is C24H22O6. The molecule has 0 bridgehead atoms. The molecule has 0 fully saturated rings. The molecule has 0 aromatic heterocycles. The molecule has 0 N–H and O–H groups in total. The highest BCUT2D eigenvalue weighted by Crippen LogP contribution is 2.22. The van der Waals surface area contributed by atoms with E-state index >= 15 is 0 Å². The number of hydrogen-bond donors (Lipinski definition) is 0. The van der Waals surface area contributed by atoms with Crippen molar-refractivity contribution in [3.05, 3.63) is 84.4 Å². The lowest BCUT2D eigenvalue weighted by Gasteiger charge is -2.09. The first-order valence-electron chi connectivity index (χ1n) is 9.41. The summed E-state index contributed by atoms with van der Waals surface area (Å²) < 4.78 is 20.6. The summed E-state index contributed by atoms with van der Waals surface area (Å²) in [6, 6.07) is 23.6. The number of rotatable bonds is 9. The van der Waals surface area contributed by atoms with Crippen molar-refractivity contribution in [2.24, 2.45) is 0 Å². The number of carbonyl (C=O) groups is 2. The summed E-state index contributed by atoms with van der Waals surface area (Å²) in [5, 5.41) is 0. The van der Waals surface area contributed by atoms with Gasteiger partial charge in [0.05, 0.1) is 12.2 Å². The molecule has 0 saturated carbocycles. The fraction of sp³-hybridized carbons (Fsp3) is 0.167. The summed E-state index contributed by atoms with van der Waals surface area (Å²) in [5.74, 6) is -0.293. The maximum Gasteiger partial charge on any atom is 0.349 e. The van der Waals surface area contributed by atoms with Crippen LogP contribution in [0.5, 0.6) is 11.5 Å². The number of methoxy groups -OCH3 is 1. The number of benzene rings is 3. The lowest BCUT2D eigenvalue weighted by molar-refractivity contribution is -0.136. The van der Waals surface area contributed by atoms with Gasteiger partial charge in [-0.2, -0.15) is 0 Å². The Morgan fingerprint density at radius 3 is 2.23 bits per heavy atom. The minimum Gasteiger partial charge on any atom is -0.482 e. The van der Waals surface area contributed by atoms with E-state index in [-0.39, 0.29) is 24.5 Å². The molecule has 3 aromatic rings. The molecule has 6 nitrogen and oxygen atoms in total. The van der Waals surface area contributed by atoms with Gasteiger partial charge in [0.1, 0.15) is 18.1 Å². The highest BCUT2D eigenvalue weighted by atomic mass is 16.6. The third-order valence-corrected chi connectivity index (χ3v) is 4.14. The Morgan fingerprint density at radius 1 is 0.767 bits per heavy atom. The van der Waals surface area contributed by atoms with Gasteiger partial charge in [0.25, 0.3) is 0 Å². The van der Waals surface area contributed by atoms with E-state index in [2.05, 4.69) is 0 Å². The van der Waals surface area contributed by atoms with E-state index < -0.39 is 11.9 Å². The van der Waals surface area contributed by atoms with Crippen molar-refractivity contribution < 1.29 is 28.5 Å². The predicted octanol–water partition coefficient (Wildman–Crippen LogP) is 4.14. The molecule has 0 unspecified atom stereocenters. The maximum absolute atomic E-state index is 12.1. The van der Waals surface area contributed by atoms with Crippen molar-refractivity contribution in [2.75, 3.05) is 26.9 Å². The van der Waals surface area contributed by atoms with Crippen molar-refractivity contribution in [2.45, 2.75) is 0 Å². The molecule has 3 aromatic carbocycles. The van der Waals surface area contributed by atoms with Gasteiger partial charge in [-0.05, 0) is 41.5 Å². The first-order valence-corrected chi connectivity index (χ1v) is 9.41. The Bertz CT molecular complexity index is 967. The van der Waals surface area contributed by atoms with Crippen molar-refractivity contribution in [1.29, 1.82) is 0 Å². The predicted molar refractivity (Wildman–Crippen MR) is 112 cm³/mol. The summed E-state index contributed by atoms with van der Waals surface area (Å²) >= 11 is 0.